The largest absolute Gasteiger partial charge is 0.309 e. The molecule has 1 aliphatic carbocycles. The molecule has 1 aromatic carbocycles. The Bertz CT molecular complexity index is 548. The van der Waals surface area contributed by atoms with Gasteiger partial charge >= 0.3 is 0 Å². The van der Waals surface area contributed by atoms with Gasteiger partial charge < -0.3 is 5.32 Å². The van der Waals surface area contributed by atoms with Gasteiger partial charge in [-0.3, -0.25) is 4.98 Å². The van der Waals surface area contributed by atoms with Crippen LogP contribution in [0.15, 0.2) is 29.9 Å². The van der Waals surface area contributed by atoms with E-state index in [1.807, 2.05) is 11.7 Å². The number of benzene rings is 1. The van der Waals surface area contributed by atoms with Gasteiger partial charge in [-0.25, -0.2) is 0 Å². The molecule has 1 unspecified atom stereocenters. The number of aromatic nitrogens is 1. The number of aryl methyl sites for hydroxylation is 2. The summed E-state index contributed by atoms with van der Waals surface area (Å²) in [5.74, 6) is 0. The Morgan fingerprint density at radius 3 is 3.00 bits per heavy atom. The van der Waals surface area contributed by atoms with E-state index in [-0.39, 0.29) is 0 Å². The summed E-state index contributed by atoms with van der Waals surface area (Å²) in [4.78, 5) is 5.58. The summed E-state index contributed by atoms with van der Waals surface area (Å²) in [6, 6.07) is 7.47. The standard InChI is InChI=1S/C17H22N2S/c1-2-8-19-16(17-11-18-12-20-17)10-13-6-7-14-4-3-5-15(14)9-13/h6-7,9,11-12,16,19H,2-5,8,10H2,1H3. The maximum atomic E-state index is 4.23. The second-order valence-electron chi connectivity index (χ2n) is 5.57. The number of hydrogen-bond acceptors (Lipinski definition) is 3. The number of fused-ring (bicyclic) bond motifs is 1. The van der Waals surface area contributed by atoms with E-state index in [9.17, 15) is 0 Å². The van der Waals surface area contributed by atoms with Crippen molar-refractivity contribution in [2.75, 3.05) is 6.54 Å². The molecule has 1 aromatic heterocycles. The predicted molar refractivity (Wildman–Crippen MR) is 85.3 cm³/mol. The van der Waals surface area contributed by atoms with Crippen LogP contribution in [0.4, 0.5) is 0 Å². The molecule has 0 aliphatic heterocycles. The topological polar surface area (TPSA) is 24.9 Å². The van der Waals surface area contributed by atoms with Crippen LogP contribution in [-0.2, 0) is 19.3 Å². The minimum Gasteiger partial charge on any atom is -0.309 e. The third-order valence-corrected chi connectivity index (χ3v) is 4.93. The van der Waals surface area contributed by atoms with Gasteiger partial charge in [0, 0.05) is 17.1 Å². The van der Waals surface area contributed by atoms with Crippen LogP contribution < -0.4 is 5.32 Å². The molecule has 106 valence electrons. The zero-order valence-electron chi connectivity index (χ0n) is 12.1. The lowest BCUT2D eigenvalue weighted by Gasteiger charge is -2.17. The van der Waals surface area contributed by atoms with E-state index in [4.69, 9.17) is 0 Å². The molecule has 0 fully saturated rings. The Kier molecular flexibility index (Phi) is 4.48. The van der Waals surface area contributed by atoms with Gasteiger partial charge in [0.2, 0.25) is 0 Å². The molecule has 0 radical (unpaired) electrons. The van der Waals surface area contributed by atoms with Gasteiger partial charge in [0.1, 0.15) is 0 Å². The summed E-state index contributed by atoms with van der Waals surface area (Å²) in [5.41, 5.74) is 6.51. The third kappa shape index (κ3) is 3.10. The highest BCUT2D eigenvalue weighted by molar-refractivity contribution is 7.09. The molecule has 0 saturated heterocycles. The second-order valence-corrected chi connectivity index (χ2v) is 6.49. The number of nitrogens with zero attached hydrogens (tertiary/aromatic N) is 1. The molecule has 0 amide bonds. The predicted octanol–water partition coefficient (Wildman–Crippen LogP) is 3.92. The lowest BCUT2D eigenvalue weighted by molar-refractivity contribution is 0.536. The smallest absolute Gasteiger partial charge is 0.0794 e. The average Bonchev–Trinajstić information content (AvgIpc) is 3.13. The van der Waals surface area contributed by atoms with E-state index < -0.39 is 0 Å². The van der Waals surface area contributed by atoms with Crippen molar-refractivity contribution in [3.63, 3.8) is 0 Å². The Labute approximate surface area is 125 Å². The summed E-state index contributed by atoms with van der Waals surface area (Å²) in [6.07, 6.45) is 8.09. The van der Waals surface area contributed by atoms with Crippen molar-refractivity contribution in [2.45, 2.75) is 45.1 Å². The normalized spacial score (nSPS) is 15.2. The third-order valence-electron chi connectivity index (χ3n) is 4.04. The molecule has 20 heavy (non-hydrogen) atoms. The molecule has 1 heterocycles. The van der Waals surface area contributed by atoms with Crippen LogP contribution in [0.5, 0.6) is 0 Å². The first kappa shape index (κ1) is 13.8. The van der Waals surface area contributed by atoms with Crippen LogP contribution >= 0.6 is 11.3 Å². The summed E-state index contributed by atoms with van der Waals surface area (Å²) in [5, 5.41) is 3.66. The quantitative estimate of drug-likeness (QED) is 0.870. The summed E-state index contributed by atoms with van der Waals surface area (Å²) in [6.45, 7) is 3.28. The van der Waals surface area contributed by atoms with E-state index in [2.05, 4.69) is 35.4 Å². The van der Waals surface area contributed by atoms with Crippen LogP contribution in [-0.4, -0.2) is 11.5 Å². The number of rotatable bonds is 6. The molecule has 0 spiro atoms. The minimum absolute atomic E-state index is 0.405. The summed E-state index contributed by atoms with van der Waals surface area (Å²) in [7, 11) is 0. The highest BCUT2D eigenvalue weighted by Crippen LogP contribution is 2.26. The number of hydrogen-bond donors (Lipinski definition) is 1. The lowest BCUT2D eigenvalue weighted by atomic mass is 10.0. The molecule has 2 nitrogen and oxygen atoms in total. The van der Waals surface area contributed by atoms with E-state index >= 15 is 0 Å². The Balaban J connectivity index is 1.75. The van der Waals surface area contributed by atoms with Crippen LogP contribution in [0, 0.1) is 0 Å². The fourth-order valence-electron chi connectivity index (χ4n) is 2.98. The summed E-state index contributed by atoms with van der Waals surface area (Å²) < 4.78 is 0. The van der Waals surface area contributed by atoms with Crippen molar-refractivity contribution in [2.24, 2.45) is 0 Å². The molecular weight excluding hydrogens is 264 g/mol. The fraction of sp³-hybridized carbons (Fsp3) is 0.471. The van der Waals surface area contributed by atoms with Gasteiger partial charge in [0.15, 0.2) is 0 Å². The molecule has 0 bridgehead atoms. The average molecular weight is 286 g/mol. The van der Waals surface area contributed by atoms with Gasteiger partial charge in [0.25, 0.3) is 0 Å². The molecule has 2 aromatic rings. The van der Waals surface area contributed by atoms with Crippen LogP contribution in [0.3, 0.4) is 0 Å². The molecule has 0 saturated carbocycles. The molecule has 1 aliphatic rings. The van der Waals surface area contributed by atoms with Crippen molar-refractivity contribution in [3.8, 4) is 0 Å². The van der Waals surface area contributed by atoms with Crippen molar-refractivity contribution in [1.29, 1.82) is 0 Å². The lowest BCUT2D eigenvalue weighted by Crippen LogP contribution is -2.23. The fourth-order valence-corrected chi connectivity index (χ4v) is 3.67. The Morgan fingerprint density at radius 1 is 1.30 bits per heavy atom. The zero-order valence-corrected chi connectivity index (χ0v) is 12.9. The Morgan fingerprint density at radius 2 is 2.20 bits per heavy atom. The van der Waals surface area contributed by atoms with Gasteiger partial charge in [-0.05, 0) is 55.3 Å². The van der Waals surface area contributed by atoms with Crippen molar-refractivity contribution >= 4 is 11.3 Å². The van der Waals surface area contributed by atoms with Gasteiger partial charge in [0.05, 0.1) is 5.51 Å². The van der Waals surface area contributed by atoms with Gasteiger partial charge in [-0.2, -0.15) is 0 Å². The van der Waals surface area contributed by atoms with Crippen LogP contribution in [0.2, 0.25) is 0 Å². The first-order valence-corrected chi connectivity index (χ1v) is 8.47. The highest BCUT2D eigenvalue weighted by atomic mass is 32.1. The van der Waals surface area contributed by atoms with Crippen molar-refractivity contribution in [1.82, 2.24) is 10.3 Å². The SMILES string of the molecule is CCCNC(Cc1ccc2c(c1)CCC2)c1cncs1. The van der Waals surface area contributed by atoms with Gasteiger partial charge in [-0.15, -0.1) is 11.3 Å². The Hall–Kier alpha value is -1.19. The van der Waals surface area contributed by atoms with Crippen LogP contribution in [0.25, 0.3) is 0 Å². The summed E-state index contributed by atoms with van der Waals surface area (Å²) >= 11 is 1.75. The van der Waals surface area contributed by atoms with E-state index in [1.54, 1.807) is 22.5 Å². The van der Waals surface area contributed by atoms with Crippen LogP contribution in [0.1, 0.15) is 47.4 Å². The zero-order chi connectivity index (χ0) is 13.8. The van der Waals surface area contributed by atoms with E-state index in [1.165, 1.54) is 36.1 Å². The number of thiazole rings is 1. The maximum Gasteiger partial charge on any atom is 0.0794 e. The first-order valence-electron chi connectivity index (χ1n) is 7.59. The second kappa shape index (κ2) is 6.51. The maximum absolute atomic E-state index is 4.23. The molecular formula is C17H22N2S. The molecule has 1 N–H and O–H groups in total. The number of nitrogens with one attached hydrogen (secondary N) is 1. The van der Waals surface area contributed by atoms with Crippen molar-refractivity contribution in [3.05, 3.63) is 51.5 Å². The van der Waals surface area contributed by atoms with E-state index in [0.717, 1.165) is 13.0 Å². The molecule has 3 rings (SSSR count). The van der Waals surface area contributed by atoms with Crippen molar-refractivity contribution < 1.29 is 0 Å². The molecule has 3 heteroatoms. The monoisotopic (exact) mass is 286 g/mol. The van der Waals surface area contributed by atoms with Gasteiger partial charge in [-0.1, -0.05) is 25.1 Å². The highest BCUT2D eigenvalue weighted by Gasteiger charge is 2.15. The first-order chi connectivity index (χ1) is 9.86. The molecule has 1 atom stereocenters. The van der Waals surface area contributed by atoms with E-state index in [0.29, 0.717) is 6.04 Å². The minimum atomic E-state index is 0.405.